The van der Waals surface area contributed by atoms with Crippen LogP contribution in [0.4, 0.5) is 0 Å². The molecule has 0 N–H and O–H groups in total. The van der Waals surface area contributed by atoms with Crippen LogP contribution in [0.15, 0.2) is 83.8 Å². The van der Waals surface area contributed by atoms with Gasteiger partial charge in [0, 0.05) is 3.57 Å². The van der Waals surface area contributed by atoms with Crippen LogP contribution in [0.1, 0.15) is 5.56 Å². The highest BCUT2D eigenvalue weighted by molar-refractivity contribution is 14.1. The molecule has 0 spiro atoms. The minimum absolute atomic E-state index is 0.133. The molecule has 0 aliphatic rings. The summed E-state index contributed by atoms with van der Waals surface area (Å²) in [7, 11) is -2.25. The molecule has 0 aliphatic carbocycles. The summed E-state index contributed by atoms with van der Waals surface area (Å²) in [6.45, 7) is 1.89. The van der Waals surface area contributed by atoms with Crippen LogP contribution in [-0.4, -0.2) is 15.5 Å². The third-order valence-corrected chi connectivity index (χ3v) is 5.29. The maximum absolute atomic E-state index is 12.0. The van der Waals surface area contributed by atoms with Crippen LogP contribution in [0.3, 0.4) is 0 Å². The molecule has 0 fully saturated rings. The van der Waals surface area contributed by atoms with Gasteiger partial charge in [-0.3, -0.25) is 0 Å². The lowest BCUT2D eigenvalue weighted by molar-refractivity contribution is 0.413. The van der Waals surface area contributed by atoms with Gasteiger partial charge in [0.25, 0.3) is 0 Å². The van der Waals surface area contributed by atoms with Gasteiger partial charge in [-0.1, -0.05) is 35.9 Å². The minimum atomic E-state index is -3.79. The fourth-order valence-corrected chi connectivity index (χ4v) is 3.27. The van der Waals surface area contributed by atoms with E-state index in [4.69, 9.17) is 8.92 Å². The topological polar surface area (TPSA) is 52.6 Å². The zero-order valence-electron chi connectivity index (χ0n) is 14.4. The maximum atomic E-state index is 12.0. The molecule has 0 saturated carbocycles. The predicted molar refractivity (Wildman–Crippen MR) is 111 cm³/mol. The van der Waals surface area contributed by atoms with E-state index < -0.39 is 10.1 Å². The van der Waals surface area contributed by atoms with Gasteiger partial charge in [0.05, 0.1) is 7.11 Å². The van der Waals surface area contributed by atoms with Gasteiger partial charge in [0.1, 0.15) is 16.4 Å². The van der Waals surface area contributed by atoms with Gasteiger partial charge in [-0.05, 0) is 78.0 Å². The fraction of sp³-hybridized carbons (Fsp3) is 0.100. The number of benzene rings is 3. The summed E-state index contributed by atoms with van der Waals surface area (Å²) in [5, 5.41) is 0. The Morgan fingerprint density at radius 1 is 0.769 bits per heavy atom. The molecular weight excluding hydrogens is 463 g/mol. The van der Waals surface area contributed by atoms with Crippen LogP contribution in [-0.2, 0) is 10.1 Å². The number of hydrogen-bond donors (Lipinski definition) is 0. The van der Waals surface area contributed by atoms with Crippen LogP contribution in [0, 0.1) is 10.5 Å². The van der Waals surface area contributed by atoms with Crippen LogP contribution in [0.25, 0.3) is 0 Å². The quantitative estimate of drug-likeness (QED) is 0.385. The molecule has 0 heterocycles. The van der Waals surface area contributed by atoms with Crippen molar-refractivity contribution in [3.63, 3.8) is 0 Å². The average molecular weight is 482 g/mol. The summed E-state index contributed by atoms with van der Waals surface area (Å²) in [4.78, 5) is 0.133. The van der Waals surface area contributed by atoms with Gasteiger partial charge in [0.15, 0.2) is 0 Å². The zero-order chi connectivity index (χ0) is 19.0. The largest absolute Gasteiger partial charge is 0.497 e. The lowest BCUT2D eigenvalue weighted by atomic mass is 10.2. The van der Waals surface area contributed by atoms with Crippen molar-refractivity contribution in [2.24, 2.45) is 0 Å². The molecule has 0 aliphatic heterocycles. The summed E-state index contributed by atoms with van der Waals surface area (Å²) in [6.07, 6.45) is 0. The van der Waals surface area contributed by atoms with E-state index >= 15 is 0 Å². The van der Waals surface area contributed by atoms with Gasteiger partial charge in [-0.2, -0.15) is 8.42 Å². The highest BCUT2D eigenvalue weighted by atomic mass is 127. The van der Waals surface area contributed by atoms with E-state index in [9.17, 15) is 8.42 Å². The molecule has 3 rings (SSSR count). The van der Waals surface area contributed by atoms with E-state index in [1.807, 2.05) is 25.1 Å². The summed E-state index contributed by atoms with van der Waals surface area (Å²) < 4.78 is 35.4. The Labute approximate surface area is 168 Å². The van der Waals surface area contributed by atoms with Gasteiger partial charge in [-0.15, -0.1) is 0 Å². The molecule has 0 atom stereocenters. The van der Waals surface area contributed by atoms with Crippen molar-refractivity contribution in [2.75, 3.05) is 7.11 Å². The van der Waals surface area contributed by atoms with E-state index in [2.05, 4.69) is 34.7 Å². The predicted octanol–water partition coefficient (Wildman–Crippen LogP) is 5.06. The number of aryl methyl sites for hydroxylation is 1. The van der Waals surface area contributed by atoms with Crippen molar-refractivity contribution < 1.29 is 17.3 Å². The monoisotopic (exact) mass is 482 g/mol. The smallest absolute Gasteiger partial charge is 0.339 e. The molecule has 0 aromatic heterocycles. The van der Waals surface area contributed by atoms with E-state index in [-0.39, 0.29) is 10.6 Å². The lowest BCUT2D eigenvalue weighted by Crippen LogP contribution is -2.09. The van der Waals surface area contributed by atoms with Gasteiger partial charge in [-0.25, -0.2) is 0 Å². The van der Waals surface area contributed by atoms with E-state index in [1.54, 1.807) is 43.5 Å². The normalized spacial score (nSPS) is 10.4. The number of methoxy groups -OCH3 is 1. The standard InChI is InChI=1S/C14H14O4S.C6H5I/c1-11-3-9-14(10-4-11)19(15,16)18-13-7-5-12(17-2)6-8-13;7-6-4-2-1-3-5-6/h3-10H,1-2H3;1-5H. The number of rotatable bonds is 4. The third-order valence-electron chi connectivity index (χ3n) is 3.31. The molecular formula is C20H19IO4S. The van der Waals surface area contributed by atoms with Crippen molar-refractivity contribution in [1.29, 1.82) is 0 Å². The lowest BCUT2D eigenvalue weighted by Gasteiger charge is -2.07. The first-order chi connectivity index (χ1) is 12.4. The average Bonchev–Trinajstić information content (AvgIpc) is 2.64. The number of ether oxygens (including phenoxy) is 1. The Bertz CT molecular complexity index is 906. The molecule has 0 saturated heterocycles. The Morgan fingerprint density at radius 3 is 1.77 bits per heavy atom. The van der Waals surface area contributed by atoms with E-state index in [0.29, 0.717) is 5.75 Å². The summed E-state index contributed by atoms with van der Waals surface area (Å²) in [6, 6.07) is 23.1. The molecule has 0 radical (unpaired) electrons. The zero-order valence-corrected chi connectivity index (χ0v) is 17.4. The molecule has 3 aromatic carbocycles. The van der Waals surface area contributed by atoms with Crippen molar-refractivity contribution in [3.8, 4) is 11.5 Å². The Morgan fingerprint density at radius 2 is 1.31 bits per heavy atom. The van der Waals surface area contributed by atoms with Crippen molar-refractivity contribution in [1.82, 2.24) is 0 Å². The molecule has 6 heteroatoms. The maximum Gasteiger partial charge on any atom is 0.339 e. The molecule has 26 heavy (non-hydrogen) atoms. The molecule has 136 valence electrons. The second-order valence-corrected chi connectivity index (χ2v) is 8.11. The van der Waals surface area contributed by atoms with Gasteiger partial charge < -0.3 is 8.92 Å². The Kier molecular flexibility index (Phi) is 7.47. The van der Waals surface area contributed by atoms with Crippen LogP contribution in [0.2, 0.25) is 0 Å². The minimum Gasteiger partial charge on any atom is -0.497 e. The second kappa shape index (κ2) is 9.59. The van der Waals surface area contributed by atoms with E-state index in [1.165, 1.54) is 15.7 Å². The highest BCUT2D eigenvalue weighted by Crippen LogP contribution is 2.21. The first kappa shape index (κ1) is 20.3. The van der Waals surface area contributed by atoms with Crippen molar-refractivity contribution in [2.45, 2.75) is 11.8 Å². The summed E-state index contributed by atoms with van der Waals surface area (Å²) >= 11 is 2.28. The Hall–Kier alpha value is -2.06. The molecule has 3 aromatic rings. The van der Waals surface area contributed by atoms with Crippen molar-refractivity contribution >= 4 is 32.7 Å². The van der Waals surface area contributed by atoms with Gasteiger partial charge >= 0.3 is 10.1 Å². The van der Waals surface area contributed by atoms with Crippen LogP contribution >= 0.6 is 22.6 Å². The molecule has 0 unspecified atom stereocenters. The van der Waals surface area contributed by atoms with Crippen LogP contribution < -0.4 is 8.92 Å². The first-order valence-corrected chi connectivity index (χ1v) is 10.3. The Balaban J connectivity index is 0.000000290. The molecule has 4 nitrogen and oxygen atoms in total. The highest BCUT2D eigenvalue weighted by Gasteiger charge is 2.16. The third kappa shape index (κ3) is 6.34. The van der Waals surface area contributed by atoms with Crippen LogP contribution in [0.5, 0.6) is 11.5 Å². The first-order valence-electron chi connectivity index (χ1n) is 7.76. The SMILES string of the molecule is COc1ccc(OS(=O)(=O)c2ccc(C)cc2)cc1.Ic1ccccc1. The second-order valence-electron chi connectivity index (χ2n) is 5.32. The molecule has 0 bridgehead atoms. The summed E-state index contributed by atoms with van der Waals surface area (Å²) in [5.41, 5.74) is 0.989. The molecule has 0 amide bonds. The van der Waals surface area contributed by atoms with E-state index in [0.717, 1.165) is 5.56 Å². The van der Waals surface area contributed by atoms with Crippen molar-refractivity contribution in [3.05, 3.63) is 88.0 Å². The number of halogens is 1. The number of hydrogen-bond acceptors (Lipinski definition) is 4. The fourth-order valence-electron chi connectivity index (χ4n) is 1.93. The van der Waals surface area contributed by atoms with Gasteiger partial charge in [0.2, 0.25) is 0 Å². The summed E-state index contributed by atoms with van der Waals surface area (Å²) in [5.74, 6) is 0.890.